The highest BCUT2D eigenvalue weighted by atomic mass is 19.1. The number of hydrogen-bond acceptors (Lipinski definition) is 2. The minimum Gasteiger partial charge on any atom is -0.349 e. The molecule has 0 unspecified atom stereocenters. The number of carbonyl (C=O) groups excluding carboxylic acids is 1. The fourth-order valence-electron chi connectivity index (χ4n) is 2.34. The average molecular weight is 250 g/mol. The topological polar surface area (TPSA) is 55.1 Å². The summed E-state index contributed by atoms with van der Waals surface area (Å²) in [5, 5.41) is 2.93. The lowest BCUT2D eigenvalue weighted by molar-refractivity contribution is -0.135. The van der Waals surface area contributed by atoms with Crippen LogP contribution in [-0.2, 0) is 4.79 Å². The molecule has 0 aromatic heterocycles. The maximum absolute atomic E-state index is 13.1. The van der Waals surface area contributed by atoms with Crippen LogP contribution in [0.3, 0.4) is 0 Å². The summed E-state index contributed by atoms with van der Waals surface area (Å²) in [5.41, 5.74) is 6.07. The first-order valence-corrected chi connectivity index (χ1v) is 6.34. The number of rotatable bonds is 4. The lowest BCUT2D eigenvalue weighted by Crippen LogP contribution is -2.50. The summed E-state index contributed by atoms with van der Waals surface area (Å²) in [6.45, 7) is 2.24. The summed E-state index contributed by atoms with van der Waals surface area (Å²) in [4.78, 5) is 12.2. The van der Waals surface area contributed by atoms with E-state index in [-0.39, 0.29) is 23.2 Å². The minimum atomic E-state index is -0.387. The third-order valence-electron chi connectivity index (χ3n) is 3.88. The summed E-state index contributed by atoms with van der Waals surface area (Å²) >= 11 is 0. The molecule has 2 rings (SSSR count). The Kier molecular flexibility index (Phi) is 3.66. The standard InChI is InChI=1S/C14H19FN2O/c1-10(11-4-2-5-12(15)8-11)17-13(18)14(9-16)6-3-7-14/h2,4-5,8,10H,3,6-7,9,16H2,1H3,(H,17,18)/t10-/m0/s1. The van der Waals surface area contributed by atoms with E-state index in [2.05, 4.69) is 5.32 Å². The van der Waals surface area contributed by atoms with E-state index in [1.54, 1.807) is 6.07 Å². The average Bonchev–Trinajstić information content (AvgIpc) is 2.28. The number of nitrogens with one attached hydrogen (secondary N) is 1. The predicted octanol–water partition coefficient (Wildman–Crippen LogP) is 2.13. The molecule has 1 saturated carbocycles. The van der Waals surface area contributed by atoms with Gasteiger partial charge in [0.25, 0.3) is 0 Å². The van der Waals surface area contributed by atoms with Crippen LogP contribution in [0.4, 0.5) is 4.39 Å². The molecule has 1 atom stereocenters. The van der Waals surface area contributed by atoms with Crippen molar-refractivity contribution in [2.45, 2.75) is 32.2 Å². The van der Waals surface area contributed by atoms with E-state index in [9.17, 15) is 9.18 Å². The SMILES string of the molecule is C[C@H](NC(=O)C1(CN)CCC1)c1cccc(F)c1. The molecule has 1 fully saturated rings. The lowest BCUT2D eigenvalue weighted by atomic mass is 9.68. The zero-order valence-corrected chi connectivity index (χ0v) is 10.6. The molecule has 0 spiro atoms. The monoisotopic (exact) mass is 250 g/mol. The maximum Gasteiger partial charge on any atom is 0.227 e. The Morgan fingerprint density at radius 1 is 1.56 bits per heavy atom. The van der Waals surface area contributed by atoms with Gasteiger partial charge in [-0.15, -0.1) is 0 Å². The zero-order chi connectivity index (χ0) is 13.2. The van der Waals surface area contributed by atoms with Crippen LogP contribution in [0.5, 0.6) is 0 Å². The van der Waals surface area contributed by atoms with Gasteiger partial charge < -0.3 is 11.1 Å². The van der Waals surface area contributed by atoms with Crippen molar-refractivity contribution >= 4 is 5.91 Å². The number of amides is 1. The number of nitrogens with two attached hydrogens (primary N) is 1. The molecule has 98 valence electrons. The second-order valence-corrected chi connectivity index (χ2v) is 5.09. The number of benzene rings is 1. The molecule has 0 bridgehead atoms. The third kappa shape index (κ3) is 2.38. The van der Waals surface area contributed by atoms with Crippen molar-refractivity contribution in [3.63, 3.8) is 0 Å². The van der Waals surface area contributed by atoms with Crippen LogP contribution in [-0.4, -0.2) is 12.5 Å². The highest BCUT2D eigenvalue weighted by molar-refractivity contribution is 5.84. The Labute approximate surface area is 107 Å². The molecular formula is C14H19FN2O. The quantitative estimate of drug-likeness (QED) is 0.860. The number of halogens is 1. The van der Waals surface area contributed by atoms with E-state index >= 15 is 0 Å². The largest absolute Gasteiger partial charge is 0.349 e. The Balaban J connectivity index is 2.03. The van der Waals surface area contributed by atoms with Gasteiger partial charge in [-0.1, -0.05) is 18.6 Å². The minimum absolute atomic E-state index is 0.00647. The highest BCUT2D eigenvalue weighted by Crippen LogP contribution is 2.40. The van der Waals surface area contributed by atoms with Crippen LogP contribution in [0.15, 0.2) is 24.3 Å². The summed E-state index contributed by atoms with van der Waals surface area (Å²) < 4.78 is 13.1. The molecular weight excluding hydrogens is 231 g/mol. The molecule has 0 radical (unpaired) electrons. The first-order chi connectivity index (χ1) is 8.57. The van der Waals surface area contributed by atoms with Crippen molar-refractivity contribution in [2.24, 2.45) is 11.1 Å². The van der Waals surface area contributed by atoms with E-state index in [1.807, 2.05) is 13.0 Å². The third-order valence-corrected chi connectivity index (χ3v) is 3.88. The van der Waals surface area contributed by atoms with Gasteiger partial charge in [0.05, 0.1) is 11.5 Å². The van der Waals surface area contributed by atoms with E-state index in [1.165, 1.54) is 12.1 Å². The molecule has 0 saturated heterocycles. The molecule has 0 aliphatic heterocycles. The van der Waals surface area contributed by atoms with Gasteiger partial charge in [-0.05, 0) is 37.5 Å². The van der Waals surface area contributed by atoms with Crippen molar-refractivity contribution < 1.29 is 9.18 Å². The summed E-state index contributed by atoms with van der Waals surface area (Å²) in [7, 11) is 0. The summed E-state index contributed by atoms with van der Waals surface area (Å²) in [6, 6.07) is 6.10. The maximum atomic E-state index is 13.1. The number of hydrogen-bond donors (Lipinski definition) is 2. The van der Waals surface area contributed by atoms with Gasteiger partial charge in [0, 0.05) is 6.54 Å². The predicted molar refractivity (Wildman–Crippen MR) is 68.3 cm³/mol. The van der Waals surface area contributed by atoms with Crippen molar-refractivity contribution in [2.75, 3.05) is 6.54 Å². The smallest absolute Gasteiger partial charge is 0.227 e. The van der Waals surface area contributed by atoms with Gasteiger partial charge in [-0.3, -0.25) is 4.79 Å². The van der Waals surface area contributed by atoms with Crippen molar-refractivity contribution in [1.29, 1.82) is 0 Å². The van der Waals surface area contributed by atoms with Crippen molar-refractivity contribution in [1.82, 2.24) is 5.32 Å². The van der Waals surface area contributed by atoms with Crippen LogP contribution < -0.4 is 11.1 Å². The van der Waals surface area contributed by atoms with Gasteiger partial charge in [0.15, 0.2) is 0 Å². The van der Waals surface area contributed by atoms with Crippen LogP contribution in [0.2, 0.25) is 0 Å². The first kappa shape index (κ1) is 13.0. The van der Waals surface area contributed by atoms with Gasteiger partial charge >= 0.3 is 0 Å². The van der Waals surface area contributed by atoms with Gasteiger partial charge in [0.2, 0.25) is 5.91 Å². The molecule has 1 aliphatic rings. The molecule has 3 nitrogen and oxygen atoms in total. The fourth-order valence-corrected chi connectivity index (χ4v) is 2.34. The van der Waals surface area contributed by atoms with E-state index in [0.29, 0.717) is 6.54 Å². The van der Waals surface area contributed by atoms with Crippen LogP contribution >= 0.6 is 0 Å². The first-order valence-electron chi connectivity index (χ1n) is 6.34. The molecule has 3 N–H and O–H groups in total. The highest BCUT2D eigenvalue weighted by Gasteiger charge is 2.43. The summed E-state index contributed by atoms with van der Waals surface area (Å²) in [5.74, 6) is -0.293. The fraction of sp³-hybridized carbons (Fsp3) is 0.500. The van der Waals surface area contributed by atoms with Crippen LogP contribution in [0, 0.1) is 11.2 Å². The Hall–Kier alpha value is -1.42. The molecule has 0 heterocycles. The van der Waals surface area contributed by atoms with Crippen molar-refractivity contribution in [3.05, 3.63) is 35.6 Å². The molecule has 1 amide bonds. The van der Waals surface area contributed by atoms with Gasteiger partial charge in [-0.2, -0.15) is 0 Å². The molecule has 1 aromatic carbocycles. The van der Waals surface area contributed by atoms with Gasteiger partial charge in [-0.25, -0.2) is 4.39 Å². The van der Waals surface area contributed by atoms with E-state index in [0.717, 1.165) is 24.8 Å². The Morgan fingerprint density at radius 2 is 2.28 bits per heavy atom. The molecule has 1 aliphatic carbocycles. The lowest BCUT2D eigenvalue weighted by Gasteiger charge is -2.39. The van der Waals surface area contributed by atoms with Crippen LogP contribution in [0.1, 0.15) is 37.8 Å². The normalized spacial score (nSPS) is 18.8. The van der Waals surface area contributed by atoms with Crippen molar-refractivity contribution in [3.8, 4) is 0 Å². The van der Waals surface area contributed by atoms with Crippen LogP contribution in [0.25, 0.3) is 0 Å². The molecule has 18 heavy (non-hydrogen) atoms. The second-order valence-electron chi connectivity index (χ2n) is 5.09. The molecule has 4 heteroatoms. The second kappa shape index (κ2) is 5.06. The summed E-state index contributed by atoms with van der Waals surface area (Å²) in [6.07, 6.45) is 2.76. The van der Waals surface area contributed by atoms with E-state index < -0.39 is 0 Å². The Morgan fingerprint density at radius 3 is 2.78 bits per heavy atom. The van der Waals surface area contributed by atoms with E-state index in [4.69, 9.17) is 5.73 Å². The molecule has 1 aromatic rings. The van der Waals surface area contributed by atoms with Gasteiger partial charge in [0.1, 0.15) is 5.82 Å². The zero-order valence-electron chi connectivity index (χ0n) is 10.6. The number of carbonyl (C=O) groups is 1. The Bertz CT molecular complexity index is 438.